The van der Waals surface area contributed by atoms with Gasteiger partial charge in [-0.1, -0.05) is 11.6 Å². The van der Waals surface area contributed by atoms with Gasteiger partial charge in [-0.05, 0) is 0 Å². The maximum atomic E-state index is 5.17. The first-order chi connectivity index (χ1) is 2.43. The molecule has 0 unspecified atom stereocenters. The predicted molar refractivity (Wildman–Crippen MR) is 21.9 cm³/mol. The van der Waals surface area contributed by atoms with Crippen LogP contribution in [-0.2, 0) is 0 Å². The molecular weight excluding hydrogens is 85.5 g/mol. The Morgan fingerprint density at radius 2 is 2.60 bits per heavy atom. The molecule has 0 atom stereocenters. The number of rotatable bonds is 0. The minimum Gasteiger partial charge on any atom is -0.381 e. The Balaban J connectivity index is 2.46. The van der Waals surface area contributed by atoms with Crippen LogP contribution in [0.5, 0.6) is 0 Å². The lowest BCUT2D eigenvalue weighted by Crippen LogP contribution is -1.56. The summed E-state index contributed by atoms with van der Waals surface area (Å²) in [5, 5.41) is 2.91. The summed E-state index contributed by atoms with van der Waals surface area (Å²) in [7, 11) is 0. The van der Waals surface area contributed by atoms with Gasteiger partial charge < -0.3 is 5.32 Å². The van der Waals surface area contributed by atoms with E-state index in [4.69, 9.17) is 11.6 Å². The molecule has 0 spiro atoms. The van der Waals surface area contributed by atoms with Gasteiger partial charge in [-0.2, -0.15) is 0 Å². The van der Waals surface area contributed by atoms with E-state index in [0.29, 0.717) is 0 Å². The molecule has 0 radical (unpaired) electrons. The standard InChI is InChI=1S/C3H4ClN/c4-1-3-2-5-3/h1,5H,2H2/b3-1+. The molecule has 0 aromatic carbocycles. The van der Waals surface area contributed by atoms with Crippen LogP contribution in [0.4, 0.5) is 0 Å². The van der Waals surface area contributed by atoms with Gasteiger partial charge in [-0.25, -0.2) is 0 Å². The van der Waals surface area contributed by atoms with Gasteiger partial charge in [-0.15, -0.1) is 0 Å². The molecule has 0 saturated carbocycles. The Morgan fingerprint density at radius 1 is 2.00 bits per heavy atom. The highest BCUT2D eigenvalue weighted by Gasteiger charge is 2.04. The largest absolute Gasteiger partial charge is 0.381 e. The van der Waals surface area contributed by atoms with Gasteiger partial charge in [-0.3, -0.25) is 0 Å². The van der Waals surface area contributed by atoms with Crippen molar-refractivity contribution in [3.8, 4) is 0 Å². The van der Waals surface area contributed by atoms with E-state index in [9.17, 15) is 0 Å². The first-order valence-electron chi connectivity index (χ1n) is 1.46. The van der Waals surface area contributed by atoms with Crippen LogP contribution in [0.3, 0.4) is 0 Å². The van der Waals surface area contributed by atoms with Crippen LogP contribution in [0.15, 0.2) is 11.2 Å². The lowest BCUT2D eigenvalue weighted by atomic mass is 10.8. The minimum absolute atomic E-state index is 0.990. The van der Waals surface area contributed by atoms with Gasteiger partial charge >= 0.3 is 0 Å². The zero-order chi connectivity index (χ0) is 3.70. The summed E-state index contributed by atoms with van der Waals surface area (Å²) in [6.45, 7) is 0.990. The molecule has 1 saturated heterocycles. The van der Waals surface area contributed by atoms with E-state index in [0.717, 1.165) is 12.2 Å². The van der Waals surface area contributed by atoms with Crippen LogP contribution in [0.25, 0.3) is 0 Å². The van der Waals surface area contributed by atoms with Gasteiger partial charge in [0.15, 0.2) is 0 Å². The highest BCUT2D eigenvalue weighted by Crippen LogP contribution is 2.00. The topological polar surface area (TPSA) is 21.9 Å². The summed E-state index contributed by atoms with van der Waals surface area (Å²) in [6.07, 6.45) is 0. The monoisotopic (exact) mass is 89.0 g/mol. The molecule has 0 aromatic heterocycles. The van der Waals surface area contributed by atoms with Crippen molar-refractivity contribution in [1.82, 2.24) is 5.32 Å². The van der Waals surface area contributed by atoms with E-state index in [1.807, 2.05) is 0 Å². The third-order valence-electron chi connectivity index (χ3n) is 0.513. The van der Waals surface area contributed by atoms with Crippen molar-refractivity contribution in [1.29, 1.82) is 0 Å². The van der Waals surface area contributed by atoms with Crippen molar-refractivity contribution in [3.05, 3.63) is 11.2 Å². The van der Waals surface area contributed by atoms with Gasteiger partial charge in [0.25, 0.3) is 0 Å². The number of halogens is 1. The van der Waals surface area contributed by atoms with Crippen molar-refractivity contribution in [2.45, 2.75) is 0 Å². The molecular formula is C3H4ClN. The van der Waals surface area contributed by atoms with Gasteiger partial charge in [0, 0.05) is 11.2 Å². The fourth-order valence-corrected chi connectivity index (χ4v) is 0.282. The Labute approximate surface area is 35.6 Å². The third-order valence-corrected chi connectivity index (χ3v) is 0.776. The molecule has 0 aliphatic carbocycles. The first kappa shape index (κ1) is 3.04. The molecule has 1 N–H and O–H groups in total. The second-order valence-corrected chi connectivity index (χ2v) is 1.21. The maximum absolute atomic E-state index is 5.17. The van der Waals surface area contributed by atoms with Crippen molar-refractivity contribution < 1.29 is 0 Å². The Morgan fingerprint density at radius 3 is 2.60 bits per heavy atom. The zero-order valence-electron chi connectivity index (χ0n) is 2.66. The van der Waals surface area contributed by atoms with Crippen LogP contribution >= 0.6 is 11.6 Å². The SMILES string of the molecule is Cl/C=C1\CN1. The zero-order valence-corrected chi connectivity index (χ0v) is 3.42. The van der Waals surface area contributed by atoms with Gasteiger partial charge in [0.2, 0.25) is 0 Å². The summed E-state index contributed by atoms with van der Waals surface area (Å²) in [6, 6.07) is 0. The normalized spacial score (nSPS) is 26.2. The number of hydrogen-bond acceptors (Lipinski definition) is 1. The van der Waals surface area contributed by atoms with Gasteiger partial charge in [0.05, 0.1) is 6.54 Å². The van der Waals surface area contributed by atoms with E-state index in [1.165, 1.54) is 0 Å². The molecule has 1 aliphatic heterocycles. The Kier molecular flexibility index (Phi) is 0.548. The van der Waals surface area contributed by atoms with E-state index >= 15 is 0 Å². The second kappa shape index (κ2) is 0.902. The summed E-state index contributed by atoms with van der Waals surface area (Å²) < 4.78 is 0. The van der Waals surface area contributed by atoms with Crippen LogP contribution in [0.1, 0.15) is 0 Å². The van der Waals surface area contributed by atoms with Crippen LogP contribution < -0.4 is 5.32 Å². The number of hydrogen-bond donors (Lipinski definition) is 1. The molecule has 28 valence electrons. The first-order valence-corrected chi connectivity index (χ1v) is 1.90. The van der Waals surface area contributed by atoms with Crippen LogP contribution in [0.2, 0.25) is 0 Å². The summed E-state index contributed by atoms with van der Waals surface area (Å²) >= 11 is 5.17. The highest BCUT2D eigenvalue weighted by atomic mass is 35.5. The molecule has 1 aliphatic rings. The summed E-state index contributed by atoms with van der Waals surface area (Å²) in [4.78, 5) is 0. The van der Waals surface area contributed by atoms with Gasteiger partial charge in [0.1, 0.15) is 0 Å². The molecule has 2 heteroatoms. The lowest BCUT2D eigenvalue weighted by molar-refractivity contribution is 1.38. The quantitative estimate of drug-likeness (QED) is 0.433. The summed E-state index contributed by atoms with van der Waals surface area (Å²) in [5.74, 6) is 0. The van der Waals surface area contributed by atoms with E-state index < -0.39 is 0 Å². The average Bonchev–Trinajstić information content (AvgIpc) is 2.12. The Bertz CT molecular complexity index is 61.3. The Hall–Kier alpha value is -0.170. The predicted octanol–water partition coefficient (Wildman–Crippen LogP) is 0.670. The third kappa shape index (κ3) is 0.550. The summed E-state index contributed by atoms with van der Waals surface area (Å²) in [5.41, 5.74) is 2.70. The van der Waals surface area contributed by atoms with E-state index in [1.54, 1.807) is 5.54 Å². The minimum atomic E-state index is 0.990. The highest BCUT2D eigenvalue weighted by molar-refractivity contribution is 6.25. The number of nitrogens with one attached hydrogen (secondary N) is 1. The second-order valence-electron chi connectivity index (χ2n) is 0.988. The molecule has 1 heterocycles. The van der Waals surface area contributed by atoms with Crippen molar-refractivity contribution in [3.63, 3.8) is 0 Å². The average molecular weight is 89.5 g/mol. The van der Waals surface area contributed by atoms with Crippen LogP contribution in [0, 0.1) is 0 Å². The van der Waals surface area contributed by atoms with Crippen LogP contribution in [-0.4, -0.2) is 6.54 Å². The fourth-order valence-electron chi connectivity index (χ4n) is 0.128. The molecule has 5 heavy (non-hydrogen) atoms. The molecule has 0 amide bonds. The van der Waals surface area contributed by atoms with Crippen molar-refractivity contribution in [2.75, 3.05) is 6.54 Å². The lowest BCUT2D eigenvalue weighted by Gasteiger charge is -1.49. The van der Waals surface area contributed by atoms with E-state index in [-0.39, 0.29) is 0 Å². The van der Waals surface area contributed by atoms with Crippen molar-refractivity contribution in [2.24, 2.45) is 0 Å². The van der Waals surface area contributed by atoms with Crippen molar-refractivity contribution >= 4 is 11.6 Å². The smallest absolute Gasteiger partial charge is 0.0554 e. The molecule has 0 aromatic rings. The molecule has 1 fully saturated rings. The fraction of sp³-hybridized carbons (Fsp3) is 0.333. The van der Waals surface area contributed by atoms with E-state index in [2.05, 4.69) is 5.32 Å². The molecule has 0 bridgehead atoms. The molecule has 1 nitrogen and oxygen atoms in total. The molecule has 1 rings (SSSR count). The maximum Gasteiger partial charge on any atom is 0.0554 e.